The van der Waals surface area contributed by atoms with Gasteiger partial charge in [0.25, 0.3) is 0 Å². The van der Waals surface area contributed by atoms with Gasteiger partial charge in [-0.1, -0.05) is 36.9 Å². The molecular formula is C18H19NO2. The molecule has 0 bridgehead atoms. The Morgan fingerprint density at radius 3 is 2.43 bits per heavy atom. The van der Waals surface area contributed by atoms with Crippen LogP contribution in [0.15, 0.2) is 55.1 Å². The fourth-order valence-corrected chi connectivity index (χ4v) is 2.09. The van der Waals surface area contributed by atoms with E-state index in [1.54, 1.807) is 7.11 Å². The quantitative estimate of drug-likeness (QED) is 0.902. The van der Waals surface area contributed by atoms with Crippen LogP contribution in [0.2, 0.25) is 0 Å². The Kier molecular flexibility index (Phi) is 4.77. The van der Waals surface area contributed by atoms with Gasteiger partial charge in [-0.3, -0.25) is 4.79 Å². The van der Waals surface area contributed by atoms with E-state index in [0.29, 0.717) is 6.42 Å². The molecule has 0 aliphatic heterocycles. The predicted molar refractivity (Wildman–Crippen MR) is 86.5 cm³/mol. The van der Waals surface area contributed by atoms with E-state index in [1.165, 1.54) is 0 Å². The van der Waals surface area contributed by atoms with Crippen molar-refractivity contribution in [3.05, 3.63) is 66.2 Å². The first-order chi connectivity index (χ1) is 10.1. The van der Waals surface area contributed by atoms with Gasteiger partial charge in [-0.25, -0.2) is 0 Å². The number of anilines is 1. The molecule has 0 fully saturated rings. The van der Waals surface area contributed by atoms with E-state index < -0.39 is 0 Å². The number of allylic oxidation sites excluding steroid dienone is 1. The lowest BCUT2D eigenvalue weighted by atomic mass is 10.1. The number of carbonyl (C=O) groups excluding carboxylic acids is 1. The number of methoxy groups -OCH3 is 1. The molecule has 21 heavy (non-hydrogen) atoms. The van der Waals surface area contributed by atoms with Gasteiger partial charge in [0.1, 0.15) is 5.75 Å². The third-order valence-corrected chi connectivity index (χ3v) is 3.18. The van der Waals surface area contributed by atoms with Crippen LogP contribution in [0, 0.1) is 0 Å². The van der Waals surface area contributed by atoms with Crippen molar-refractivity contribution in [1.82, 2.24) is 0 Å². The second kappa shape index (κ2) is 6.75. The zero-order chi connectivity index (χ0) is 15.2. The molecule has 0 aromatic heterocycles. The van der Waals surface area contributed by atoms with Crippen molar-refractivity contribution in [3.8, 4) is 5.75 Å². The first-order valence-corrected chi connectivity index (χ1v) is 6.78. The number of hydrogen-bond donors (Lipinski definition) is 1. The van der Waals surface area contributed by atoms with Gasteiger partial charge < -0.3 is 10.1 Å². The highest BCUT2D eigenvalue weighted by atomic mass is 16.5. The lowest BCUT2D eigenvalue weighted by Gasteiger charge is -2.11. The standard InChI is InChI=1S/C18H19NO2/c1-13(2)16-6-4-5-7-17(16)19-18(20)12-14-8-10-15(21-3)11-9-14/h4-11H,1,12H2,2-3H3,(H,19,20). The van der Waals surface area contributed by atoms with Crippen molar-refractivity contribution in [1.29, 1.82) is 0 Å². The molecule has 0 saturated carbocycles. The van der Waals surface area contributed by atoms with E-state index in [1.807, 2.05) is 55.5 Å². The largest absolute Gasteiger partial charge is 0.497 e. The Morgan fingerprint density at radius 1 is 1.14 bits per heavy atom. The molecular weight excluding hydrogens is 262 g/mol. The Balaban J connectivity index is 2.06. The molecule has 3 nitrogen and oxygen atoms in total. The fourth-order valence-electron chi connectivity index (χ4n) is 2.09. The minimum absolute atomic E-state index is 0.0473. The minimum Gasteiger partial charge on any atom is -0.497 e. The van der Waals surface area contributed by atoms with E-state index in [2.05, 4.69) is 11.9 Å². The van der Waals surface area contributed by atoms with Gasteiger partial charge in [0.05, 0.1) is 13.5 Å². The number of nitrogens with one attached hydrogen (secondary N) is 1. The summed E-state index contributed by atoms with van der Waals surface area (Å²) in [6.45, 7) is 5.86. The predicted octanol–water partition coefficient (Wildman–Crippen LogP) is 3.91. The van der Waals surface area contributed by atoms with Crippen LogP contribution in [0.3, 0.4) is 0 Å². The van der Waals surface area contributed by atoms with Crippen LogP contribution in [0.25, 0.3) is 5.57 Å². The van der Waals surface area contributed by atoms with Crippen LogP contribution in [0.1, 0.15) is 18.1 Å². The van der Waals surface area contributed by atoms with Crippen LogP contribution in [0.5, 0.6) is 5.75 Å². The molecule has 1 N–H and O–H groups in total. The van der Waals surface area contributed by atoms with Gasteiger partial charge >= 0.3 is 0 Å². The molecule has 108 valence electrons. The molecule has 0 unspecified atom stereocenters. The maximum Gasteiger partial charge on any atom is 0.228 e. The lowest BCUT2D eigenvalue weighted by molar-refractivity contribution is -0.115. The van der Waals surface area contributed by atoms with Crippen LogP contribution in [-0.2, 0) is 11.2 Å². The summed E-state index contributed by atoms with van der Waals surface area (Å²) in [5.41, 5.74) is 3.63. The van der Waals surface area contributed by atoms with Gasteiger partial charge in [0.2, 0.25) is 5.91 Å². The number of benzene rings is 2. The van der Waals surface area contributed by atoms with Gasteiger partial charge in [0, 0.05) is 11.3 Å². The normalized spacial score (nSPS) is 10.0. The molecule has 2 rings (SSSR count). The van der Waals surface area contributed by atoms with Crippen LogP contribution >= 0.6 is 0 Å². The molecule has 2 aromatic carbocycles. The summed E-state index contributed by atoms with van der Waals surface area (Å²) in [4.78, 5) is 12.1. The molecule has 0 radical (unpaired) electrons. The second-order valence-corrected chi connectivity index (χ2v) is 4.90. The van der Waals surface area contributed by atoms with Gasteiger partial charge in [-0.15, -0.1) is 0 Å². The highest BCUT2D eigenvalue weighted by molar-refractivity contribution is 5.95. The maximum absolute atomic E-state index is 12.1. The summed E-state index contributed by atoms with van der Waals surface area (Å²) in [6.07, 6.45) is 0.328. The molecule has 1 amide bonds. The highest BCUT2D eigenvalue weighted by Gasteiger charge is 2.08. The van der Waals surface area contributed by atoms with Crippen molar-refractivity contribution >= 4 is 17.2 Å². The first-order valence-electron chi connectivity index (χ1n) is 6.78. The van der Waals surface area contributed by atoms with E-state index in [4.69, 9.17) is 4.74 Å². The van der Waals surface area contributed by atoms with Crippen molar-refractivity contribution in [2.75, 3.05) is 12.4 Å². The number of ether oxygens (including phenoxy) is 1. The Morgan fingerprint density at radius 2 is 1.81 bits per heavy atom. The average molecular weight is 281 g/mol. The van der Waals surface area contributed by atoms with Crippen molar-refractivity contribution in [2.24, 2.45) is 0 Å². The van der Waals surface area contributed by atoms with E-state index in [0.717, 1.165) is 28.1 Å². The third-order valence-electron chi connectivity index (χ3n) is 3.18. The van der Waals surface area contributed by atoms with Crippen LogP contribution in [-0.4, -0.2) is 13.0 Å². The zero-order valence-corrected chi connectivity index (χ0v) is 12.3. The highest BCUT2D eigenvalue weighted by Crippen LogP contribution is 2.22. The maximum atomic E-state index is 12.1. The number of hydrogen-bond acceptors (Lipinski definition) is 2. The second-order valence-electron chi connectivity index (χ2n) is 4.90. The minimum atomic E-state index is -0.0473. The Hall–Kier alpha value is -2.55. The number of carbonyl (C=O) groups is 1. The number of para-hydroxylation sites is 1. The van der Waals surface area contributed by atoms with E-state index >= 15 is 0 Å². The molecule has 0 aliphatic carbocycles. The summed E-state index contributed by atoms with van der Waals surface area (Å²) in [5, 5.41) is 2.94. The third kappa shape index (κ3) is 3.96. The van der Waals surface area contributed by atoms with E-state index in [9.17, 15) is 4.79 Å². The van der Waals surface area contributed by atoms with Gasteiger partial charge in [0.15, 0.2) is 0 Å². The molecule has 2 aromatic rings. The smallest absolute Gasteiger partial charge is 0.228 e. The van der Waals surface area contributed by atoms with Crippen molar-refractivity contribution in [2.45, 2.75) is 13.3 Å². The first kappa shape index (κ1) is 14.9. The monoisotopic (exact) mass is 281 g/mol. The topological polar surface area (TPSA) is 38.3 Å². The van der Waals surface area contributed by atoms with Crippen molar-refractivity contribution < 1.29 is 9.53 Å². The fraction of sp³-hybridized carbons (Fsp3) is 0.167. The lowest BCUT2D eigenvalue weighted by Crippen LogP contribution is -2.15. The zero-order valence-electron chi connectivity index (χ0n) is 12.3. The molecule has 0 atom stereocenters. The number of amides is 1. The molecule has 0 heterocycles. The average Bonchev–Trinajstić information content (AvgIpc) is 2.48. The summed E-state index contributed by atoms with van der Waals surface area (Å²) < 4.78 is 5.10. The summed E-state index contributed by atoms with van der Waals surface area (Å²) >= 11 is 0. The van der Waals surface area contributed by atoms with Gasteiger partial charge in [-0.05, 0) is 36.3 Å². The molecule has 3 heteroatoms. The SMILES string of the molecule is C=C(C)c1ccccc1NC(=O)Cc1ccc(OC)cc1. The van der Waals surface area contributed by atoms with Crippen LogP contribution < -0.4 is 10.1 Å². The summed E-state index contributed by atoms with van der Waals surface area (Å²) in [7, 11) is 1.62. The van der Waals surface area contributed by atoms with Crippen molar-refractivity contribution in [3.63, 3.8) is 0 Å². The molecule has 0 aliphatic rings. The summed E-state index contributed by atoms with van der Waals surface area (Å²) in [5.74, 6) is 0.737. The Bertz CT molecular complexity index is 645. The van der Waals surface area contributed by atoms with Crippen LogP contribution in [0.4, 0.5) is 5.69 Å². The number of rotatable bonds is 5. The van der Waals surface area contributed by atoms with Gasteiger partial charge in [-0.2, -0.15) is 0 Å². The molecule has 0 saturated heterocycles. The Labute approximate surface area is 125 Å². The summed E-state index contributed by atoms with van der Waals surface area (Å²) in [6, 6.07) is 15.2. The molecule has 0 spiro atoms. The van der Waals surface area contributed by atoms with E-state index in [-0.39, 0.29) is 5.91 Å².